The van der Waals surface area contributed by atoms with E-state index in [1.807, 2.05) is 91.0 Å². The Hall–Kier alpha value is -4.90. The predicted octanol–water partition coefficient (Wildman–Crippen LogP) is 4.29. The minimum absolute atomic E-state index is 0. The van der Waals surface area contributed by atoms with E-state index in [0.29, 0.717) is 17.1 Å². The standard InChI is InChI=1S/2C11H8N.C8H6N6.Ir/c2*1-2-6-10(7-3-1)11-8-4-5-9-12-11;1-14-12-8(11-13-14)7-3-2-6(4-9)5-10-7;/h2*1-6,8-9H;2-3,5H,1H3;/q2*-1;;+3. The Morgan fingerprint density at radius 2 is 1.31 bits per heavy atom. The molecule has 0 amide bonds. The van der Waals surface area contributed by atoms with Crippen LogP contribution in [0.5, 0.6) is 0 Å². The third-order valence-electron chi connectivity index (χ3n) is 4.93. The van der Waals surface area contributed by atoms with Crippen LogP contribution in [0.1, 0.15) is 5.56 Å². The van der Waals surface area contributed by atoms with Crippen LogP contribution in [0.15, 0.2) is 116 Å². The van der Waals surface area contributed by atoms with Crippen LogP contribution >= 0.6 is 0 Å². The van der Waals surface area contributed by atoms with Crippen molar-refractivity contribution < 1.29 is 24.9 Å². The van der Waals surface area contributed by atoms with Gasteiger partial charge in [0, 0.05) is 18.6 Å². The van der Waals surface area contributed by atoms with Crippen LogP contribution in [0.4, 0.5) is 0 Å². The van der Waals surface area contributed by atoms with Crippen molar-refractivity contribution >= 4 is 0 Å². The SMILES string of the molecule is C[n+]1n[n-]c(-c2ccc(C#N)cn2)n1.[Ir+3].[c-]1ccccc1-c1ccccn1.[c-]1ccccc1-c1ccccn1. The molecule has 6 aromatic rings. The van der Waals surface area contributed by atoms with E-state index in [2.05, 4.69) is 42.5 Å². The molecular formula is C30H22IrN8+. The molecule has 0 aliphatic rings. The molecule has 4 heterocycles. The summed E-state index contributed by atoms with van der Waals surface area (Å²) in [6.45, 7) is 0. The van der Waals surface area contributed by atoms with Crippen molar-refractivity contribution in [2.75, 3.05) is 0 Å². The van der Waals surface area contributed by atoms with Crippen molar-refractivity contribution in [1.82, 2.24) is 30.4 Å². The fourth-order valence-electron chi connectivity index (χ4n) is 3.13. The van der Waals surface area contributed by atoms with Crippen LogP contribution < -0.4 is 9.90 Å². The average Bonchev–Trinajstić information content (AvgIpc) is 3.46. The number of hydrogen-bond acceptors (Lipinski definition) is 6. The van der Waals surface area contributed by atoms with Gasteiger partial charge in [0.25, 0.3) is 0 Å². The zero-order chi connectivity index (χ0) is 26.4. The number of aromatic nitrogens is 7. The van der Waals surface area contributed by atoms with Crippen LogP contribution in [0, 0.1) is 23.5 Å². The molecule has 0 aliphatic heterocycles. The van der Waals surface area contributed by atoms with E-state index in [9.17, 15) is 0 Å². The molecule has 8 nitrogen and oxygen atoms in total. The molecule has 0 saturated carbocycles. The Labute approximate surface area is 240 Å². The van der Waals surface area contributed by atoms with Gasteiger partial charge in [-0.05, 0) is 40.9 Å². The first-order valence-electron chi connectivity index (χ1n) is 11.6. The largest absolute Gasteiger partial charge is 3.00 e. The molecule has 9 heteroatoms. The van der Waals surface area contributed by atoms with Gasteiger partial charge >= 0.3 is 20.1 Å². The van der Waals surface area contributed by atoms with E-state index in [-0.39, 0.29) is 20.1 Å². The molecule has 0 fully saturated rings. The van der Waals surface area contributed by atoms with Gasteiger partial charge in [-0.1, -0.05) is 24.3 Å². The molecule has 0 saturated heterocycles. The molecule has 0 atom stereocenters. The Kier molecular flexibility index (Phi) is 11.3. The van der Waals surface area contributed by atoms with Crippen molar-refractivity contribution in [2.24, 2.45) is 7.05 Å². The average molecular weight is 687 g/mol. The monoisotopic (exact) mass is 687 g/mol. The second kappa shape index (κ2) is 15.4. The van der Waals surface area contributed by atoms with E-state index in [4.69, 9.17) is 5.26 Å². The summed E-state index contributed by atoms with van der Waals surface area (Å²) in [5.74, 6) is 0.456. The molecule has 0 aliphatic carbocycles. The molecule has 6 rings (SSSR count). The third kappa shape index (κ3) is 8.86. The van der Waals surface area contributed by atoms with E-state index in [1.165, 1.54) is 11.0 Å². The minimum atomic E-state index is 0. The van der Waals surface area contributed by atoms with E-state index < -0.39 is 0 Å². The molecule has 4 aromatic heterocycles. The molecular weight excluding hydrogens is 665 g/mol. The van der Waals surface area contributed by atoms with Gasteiger partial charge in [-0.2, -0.15) is 10.1 Å². The first-order valence-corrected chi connectivity index (χ1v) is 11.6. The van der Waals surface area contributed by atoms with Crippen molar-refractivity contribution in [3.63, 3.8) is 0 Å². The number of benzene rings is 2. The second-order valence-corrected chi connectivity index (χ2v) is 7.63. The van der Waals surface area contributed by atoms with Gasteiger partial charge in [0.1, 0.15) is 11.8 Å². The van der Waals surface area contributed by atoms with E-state index in [0.717, 1.165) is 22.5 Å². The predicted molar refractivity (Wildman–Crippen MR) is 141 cm³/mol. The zero-order valence-corrected chi connectivity index (χ0v) is 23.3. The van der Waals surface area contributed by atoms with E-state index in [1.54, 1.807) is 31.6 Å². The minimum Gasteiger partial charge on any atom is -0.305 e. The number of aryl methyl sites for hydroxylation is 1. The van der Waals surface area contributed by atoms with Crippen molar-refractivity contribution in [3.8, 4) is 40.1 Å². The summed E-state index contributed by atoms with van der Waals surface area (Å²) in [6.07, 6.45) is 5.05. The Morgan fingerprint density at radius 1 is 0.718 bits per heavy atom. The van der Waals surface area contributed by atoms with Crippen molar-refractivity contribution in [1.29, 1.82) is 5.26 Å². The maximum atomic E-state index is 8.57. The maximum Gasteiger partial charge on any atom is 3.00 e. The summed E-state index contributed by atoms with van der Waals surface area (Å²) >= 11 is 0. The summed E-state index contributed by atoms with van der Waals surface area (Å²) in [7, 11) is 1.68. The van der Waals surface area contributed by atoms with Gasteiger partial charge in [0.15, 0.2) is 0 Å². The topological polar surface area (TPSA) is 106 Å². The zero-order valence-electron chi connectivity index (χ0n) is 20.9. The molecule has 0 N–H and O–H groups in total. The van der Waals surface area contributed by atoms with Gasteiger partial charge in [0.05, 0.1) is 12.6 Å². The van der Waals surface area contributed by atoms with Crippen LogP contribution in [0.25, 0.3) is 34.0 Å². The van der Waals surface area contributed by atoms with E-state index >= 15 is 0 Å². The number of pyridine rings is 3. The summed E-state index contributed by atoms with van der Waals surface area (Å²) in [4.78, 5) is 13.8. The summed E-state index contributed by atoms with van der Waals surface area (Å²) < 4.78 is 0. The Balaban J connectivity index is 0.000000160. The van der Waals surface area contributed by atoms with Crippen LogP contribution in [-0.4, -0.2) is 25.3 Å². The van der Waals surface area contributed by atoms with Gasteiger partial charge in [-0.15, -0.1) is 82.0 Å². The molecule has 39 heavy (non-hydrogen) atoms. The van der Waals surface area contributed by atoms with Crippen LogP contribution in [0.3, 0.4) is 0 Å². The molecule has 2 aromatic carbocycles. The summed E-state index contributed by atoms with van der Waals surface area (Å²) in [5.41, 5.74) is 5.14. The molecule has 0 bridgehead atoms. The molecule has 0 spiro atoms. The van der Waals surface area contributed by atoms with Gasteiger partial charge in [-0.25, -0.2) is 0 Å². The Morgan fingerprint density at radius 3 is 1.69 bits per heavy atom. The Bertz CT molecular complexity index is 1400. The van der Waals surface area contributed by atoms with Gasteiger partial charge in [-0.3, -0.25) is 4.98 Å². The maximum absolute atomic E-state index is 8.57. The summed E-state index contributed by atoms with van der Waals surface area (Å²) in [5, 5.41) is 20.0. The second-order valence-electron chi connectivity index (χ2n) is 7.63. The van der Waals surface area contributed by atoms with Gasteiger partial charge in [0.2, 0.25) is 5.82 Å². The van der Waals surface area contributed by atoms with Crippen LogP contribution in [-0.2, 0) is 27.2 Å². The van der Waals surface area contributed by atoms with Crippen LogP contribution in [0.2, 0.25) is 0 Å². The first-order chi connectivity index (χ1) is 18.7. The normalized spacial score (nSPS) is 9.44. The number of nitriles is 1. The first kappa shape index (κ1) is 28.7. The molecule has 0 radical (unpaired) electrons. The van der Waals surface area contributed by atoms with Gasteiger partial charge < -0.3 is 9.97 Å². The molecule has 0 unspecified atom stereocenters. The smallest absolute Gasteiger partial charge is 0.305 e. The number of rotatable bonds is 3. The number of tetrazole rings is 1. The van der Waals surface area contributed by atoms with Crippen molar-refractivity contribution in [3.05, 3.63) is 133 Å². The molecule has 190 valence electrons. The fourth-order valence-corrected chi connectivity index (χ4v) is 3.13. The number of nitrogens with zero attached hydrogens (tertiary/aromatic N) is 8. The van der Waals surface area contributed by atoms with Crippen molar-refractivity contribution in [2.45, 2.75) is 0 Å². The third-order valence-corrected chi connectivity index (χ3v) is 4.93. The number of hydrogen-bond donors (Lipinski definition) is 0. The summed E-state index contributed by atoms with van der Waals surface area (Å²) in [6, 6.07) is 39.0. The quantitative estimate of drug-likeness (QED) is 0.202. The fraction of sp³-hybridized carbons (Fsp3) is 0.0333.